The molecule has 0 amide bonds. The molecule has 1 heterocycles. The highest BCUT2D eigenvalue weighted by Gasteiger charge is 2.34. The van der Waals surface area contributed by atoms with E-state index in [0.717, 1.165) is 4.48 Å². The second-order valence-corrected chi connectivity index (χ2v) is 4.68. The van der Waals surface area contributed by atoms with Gasteiger partial charge in [-0.2, -0.15) is 0 Å². The molecule has 0 atom stereocenters. The second-order valence-electron chi connectivity index (χ2n) is 3.67. The van der Waals surface area contributed by atoms with Crippen molar-refractivity contribution in [1.82, 2.24) is 0 Å². The van der Waals surface area contributed by atoms with Crippen molar-refractivity contribution < 1.29 is 9.41 Å². The summed E-state index contributed by atoms with van der Waals surface area (Å²) in [4.78, 5) is 10.4. The minimum absolute atomic E-state index is 0.114. The van der Waals surface area contributed by atoms with E-state index in [-0.39, 0.29) is 10.6 Å². The predicted molar refractivity (Wildman–Crippen MR) is 58.2 cm³/mol. The number of hydrogen-bond donors (Lipinski definition) is 0. The number of quaternary nitrogens is 1. The van der Waals surface area contributed by atoms with Gasteiger partial charge in [0.25, 0.3) is 0 Å². The Morgan fingerprint density at radius 1 is 1.71 bits per heavy atom. The molecule has 0 radical (unpaired) electrons. The van der Waals surface area contributed by atoms with E-state index in [1.807, 2.05) is 14.1 Å². The third-order valence-electron chi connectivity index (χ3n) is 2.14. The van der Waals surface area contributed by atoms with Gasteiger partial charge in [0.1, 0.15) is 6.54 Å². The van der Waals surface area contributed by atoms with Crippen LogP contribution >= 0.6 is 15.9 Å². The molecule has 0 N–H and O–H groups in total. The lowest BCUT2D eigenvalue weighted by Crippen LogP contribution is -2.42. The van der Waals surface area contributed by atoms with Gasteiger partial charge < -0.3 is 0 Å². The first-order chi connectivity index (χ1) is 6.38. The van der Waals surface area contributed by atoms with Gasteiger partial charge in [0.15, 0.2) is 0 Å². The van der Waals surface area contributed by atoms with Crippen molar-refractivity contribution >= 4 is 15.9 Å². The molecule has 76 valence electrons. The highest BCUT2D eigenvalue weighted by atomic mass is 79.9. The number of nitrogens with zero attached hydrogens (tertiary/aromatic N) is 2. The zero-order valence-corrected chi connectivity index (χ0v) is 9.74. The van der Waals surface area contributed by atoms with Gasteiger partial charge in [0.05, 0.1) is 23.5 Å². The van der Waals surface area contributed by atoms with Crippen LogP contribution in [0.1, 0.15) is 0 Å². The molecule has 5 heteroatoms. The Balaban J connectivity index is 3.35. The van der Waals surface area contributed by atoms with Crippen LogP contribution in [-0.4, -0.2) is 30.0 Å². The molecule has 0 fully saturated rings. The molecule has 4 nitrogen and oxygen atoms in total. The summed E-state index contributed by atoms with van der Waals surface area (Å²) in [5, 5.41) is 10.8. The van der Waals surface area contributed by atoms with Gasteiger partial charge in [-0.25, -0.2) is 0 Å². The lowest BCUT2D eigenvalue weighted by Gasteiger charge is -2.31. The Hall–Kier alpha value is -0.940. The fraction of sp³-hybridized carbons (Fsp3) is 0.333. The van der Waals surface area contributed by atoms with Crippen molar-refractivity contribution in [2.75, 3.05) is 20.6 Å². The SMILES string of the molecule is C=CC1=C([N+](=O)[O-])C=C(Br)C[N+]1(C)C. The van der Waals surface area contributed by atoms with E-state index in [0.29, 0.717) is 16.7 Å². The predicted octanol–water partition coefficient (Wildman–Crippen LogP) is 2.03. The van der Waals surface area contributed by atoms with Crippen LogP contribution in [0.2, 0.25) is 0 Å². The maximum absolute atomic E-state index is 10.8. The average molecular weight is 260 g/mol. The first-order valence-corrected chi connectivity index (χ1v) is 4.88. The quantitative estimate of drug-likeness (QED) is 0.433. The third kappa shape index (κ3) is 1.93. The molecule has 0 bridgehead atoms. The first kappa shape index (κ1) is 11.1. The Labute approximate surface area is 91.1 Å². The topological polar surface area (TPSA) is 43.1 Å². The summed E-state index contributed by atoms with van der Waals surface area (Å²) in [5.74, 6) is 0. The van der Waals surface area contributed by atoms with Gasteiger partial charge in [-0.1, -0.05) is 6.58 Å². The number of allylic oxidation sites excluding steroid dienone is 2. The fourth-order valence-corrected chi connectivity index (χ4v) is 2.38. The van der Waals surface area contributed by atoms with Crippen LogP contribution in [0.3, 0.4) is 0 Å². The summed E-state index contributed by atoms with van der Waals surface area (Å²) in [6.45, 7) is 4.32. The largest absolute Gasteiger partial charge is 0.330 e. The lowest BCUT2D eigenvalue weighted by atomic mass is 10.1. The van der Waals surface area contributed by atoms with Gasteiger partial charge in [0, 0.05) is 6.08 Å². The number of nitro groups is 1. The van der Waals surface area contributed by atoms with Crippen LogP contribution in [0, 0.1) is 10.1 Å². The molecule has 0 aromatic carbocycles. The van der Waals surface area contributed by atoms with Crippen LogP contribution in [0.25, 0.3) is 0 Å². The zero-order valence-electron chi connectivity index (χ0n) is 8.16. The van der Waals surface area contributed by atoms with Gasteiger partial charge >= 0.3 is 5.70 Å². The van der Waals surface area contributed by atoms with Gasteiger partial charge in [-0.05, 0) is 22.0 Å². The molecular weight excluding hydrogens is 248 g/mol. The number of likely N-dealkylation sites (N-methyl/N-ethyl adjacent to an activating group) is 1. The normalized spacial score (nSPS) is 20.4. The van der Waals surface area contributed by atoms with Crippen molar-refractivity contribution in [3.8, 4) is 0 Å². The summed E-state index contributed by atoms with van der Waals surface area (Å²) in [6, 6.07) is 0. The maximum atomic E-state index is 10.8. The van der Waals surface area contributed by atoms with Crippen molar-refractivity contribution in [2.45, 2.75) is 0 Å². The van der Waals surface area contributed by atoms with Crippen LogP contribution in [0.4, 0.5) is 0 Å². The molecule has 1 aliphatic heterocycles. The summed E-state index contributed by atoms with van der Waals surface area (Å²) in [6.07, 6.45) is 3.09. The van der Waals surface area contributed by atoms with Crippen LogP contribution < -0.4 is 0 Å². The van der Waals surface area contributed by atoms with E-state index >= 15 is 0 Å². The van der Waals surface area contributed by atoms with E-state index < -0.39 is 0 Å². The fourth-order valence-electron chi connectivity index (χ4n) is 1.54. The van der Waals surface area contributed by atoms with Crippen molar-refractivity contribution in [2.24, 2.45) is 0 Å². The minimum Gasteiger partial charge on any atom is -0.286 e. The molecule has 0 saturated heterocycles. The van der Waals surface area contributed by atoms with Gasteiger partial charge in [-0.3, -0.25) is 14.6 Å². The number of hydrogen-bond acceptors (Lipinski definition) is 2. The molecular formula is C9H12BrN2O2+. The smallest absolute Gasteiger partial charge is 0.286 e. The van der Waals surface area contributed by atoms with Crippen LogP contribution in [0.15, 0.2) is 34.6 Å². The van der Waals surface area contributed by atoms with E-state index in [1.54, 1.807) is 12.2 Å². The first-order valence-electron chi connectivity index (χ1n) is 4.09. The number of rotatable bonds is 2. The highest BCUT2D eigenvalue weighted by molar-refractivity contribution is 9.11. The van der Waals surface area contributed by atoms with Crippen LogP contribution in [-0.2, 0) is 0 Å². The summed E-state index contributed by atoms with van der Waals surface area (Å²) < 4.78 is 1.27. The maximum Gasteiger partial charge on any atom is 0.330 e. The Morgan fingerprint density at radius 3 is 2.71 bits per heavy atom. The van der Waals surface area contributed by atoms with Crippen LogP contribution in [0.5, 0.6) is 0 Å². The molecule has 14 heavy (non-hydrogen) atoms. The molecule has 0 aliphatic carbocycles. The molecule has 0 spiro atoms. The number of halogens is 1. The Morgan fingerprint density at radius 2 is 2.29 bits per heavy atom. The molecule has 0 aromatic heterocycles. The molecule has 0 aromatic rings. The van der Waals surface area contributed by atoms with E-state index in [1.165, 1.54) is 0 Å². The standard InChI is InChI=1S/C9H12BrN2O2/c1-4-9-8(11(13)14)5-7(10)6-12(9,2)3/h4-5H,1,6H2,2-3H3/q+1. The Bertz CT molecular complexity index is 356. The van der Waals surface area contributed by atoms with E-state index in [9.17, 15) is 10.1 Å². The molecule has 1 rings (SSSR count). The Kier molecular flexibility index (Phi) is 2.92. The van der Waals surface area contributed by atoms with Crippen molar-refractivity contribution in [1.29, 1.82) is 0 Å². The van der Waals surface area contributed by atoms with Crippen molar-refractivity contribution in [3.63, 3.8) is 0 Å². The van der Waals surface area contributed by atoms with E-state index in [2.05, 4.69) is 22.5 Å². The van der Waals surface area contributed by atoms with Crippen molar-refractivity contribution in [3.05, 3.63) is 44.7 Å². The second kappa shape index (κ2) is 3.67. The summed E-state index contributed by atoms with van der Waals surface area (Å²) in [5.41, 5.74) is 0.751. The molecule has 0 unspecified atom stereocenters. The molecule has 0 saturated carbocycles. The monoisotopic (exact) mass is 259 g/mol. The zero-order chi connectivity index (χ0) is 10.9. The highest BCUT2D eigenvalue weighted by Crippen LogP contribution is 2.28. The minimum atomic E-state index is -0.378. The van der Waals surface area contributed by atoms with Gasteiger partial charge in [0.2, 0.25) is 5.70 Å². The lowest BCUT2D eigenvalue weighted by molar-refractivity contribution is -0.847. The third-order valence-corrected chi connectivity index (χ3v) is 2.62. The summed E-state index contributed by atoms with van der Waals surface area (Å²) >= 11 is 3.30. The molecule has 1 aliphatic rings. The van der Waals surface area contributed by atoms with E-state index in [4.69, 9.17) is 0 Å². The summed E-state index contributed by atoms with van der Waals surface area (Å²) in [7, 11) is 3.82. The van der Waals surface area contributed by atoms with Gasteiger partial charge in [-0.15, -0.1) is 0 Å². The average Bonchev–Trinajstić information content (AvgIpc) is 2.00.